The van der Waals surface area contributed by atoms with Gasteiger partial charge in [0.05, 0.1) is 11.7 Å². The van der Waals surface area contributed by atoms with E-state index in [4.69, 9.17) is 0 Å². The Hall–Kier alpha value is -2.78. The lowest BCUT2D eigenvalue weighted by atomic mass is 9.98. The average Bonchev–Trinajstić information content (AvgIpc) is 3.06. The Kier molecular flexibility index (Phi) is 3.28. The number of aryl methyl sites for hydroxylation is 1. The maximum absolute atomic E-state index is 10.1. The maximum Gasteiger partial charge on any atom is 0.124 e. The van der Waals surface area contributed by atoms with Crippen molar-refractivity contribution >= 4 is 16.5 Å². The molecule has 0 bridgehead atoms. The number of rotatable bonds is 2. The second-order valence-electron chi connectivity index (χ2n) is 5.92. The Morgan fingerprint density at radius 3 is 2.70 bits per heavy atom. The topological polar surface area (TPSA) is 44.3 Å². The van der Waals surface area contributed by atoms with Crippen LogP contribution in [0, 0.1) is 6.92 Å². The normalized spacial score (nSPS) is 17.1. The van der Waals surface area contributed by atoms with Gasteiger partial charge in [0.1, 0.15) is 5.75 Å². The molecule has 4 rings (SSSR count). The van der Waals surface area contributed by atoms with Crippen LogP contribution in [0.3, 0.4) is 0 Å². The van der Waals surface area contributed by atoms with E-state index in [9.17, 15) is 5.11 Å². The molecular formula is C20H18N2O. The van der Waals surface area contributed by atoms with Gasteiger partial charge in [-0.05, 0) is 41.5 Å². The molecule has 0 aliphatic carbocycles. The summed E-state index contributed by atoms with van der Waals surface area (Å²) in [6, 6.07) is 20.4. The molecule has 0 amide bonds. The first-order valence-electron chi connectivity index (χ1n) is 7.73. The van der Waals surface area contributed by atoms with E-state index in [0.717, 1.165) is 16.8 Å². The molecule has 1 heterocycles. The second-order valence-corrected chi connectivity index (χ2v) is 5.92. The summed E-state index contributed by atoms with van der Waals surface area (Å²) in [6.45, 7) is 2.02. The zero-order chi connectivity index (χ0) is 15.8. The molecular weight excluding hydrogens is 284 g/mol. The van der Waals surface area contributed by atoms with Gasteiger partial charge in [-0.1, -0.05) is 54.1 Å². The molecule has 3 aromatic rings. The van der Waals surface area contributed by atoms with Gasteiger partial charge in [-0.3, -0.25) is 0 Å². The largest absolute Gasteiger partial charge is 0.507 e. The quantitative estimate of drug-likeness (QED) is 0.669. The number of benzene rings is 3. The third-order valence-electron chi connectivity index (χ3n) is 4.30. The molecule has 0 spiro atoms. The lowest BCUT2D eigenvalue weighted by molar-refractivity contribution is 0.472. The summed E-state index contributed by atoms with van der Waals surface area (Å²) in [5.74, 6) is 0.287. The number of phenolic OH excluding ortho intramolecular Hbond substituents is 1. The van der Waals surface area contributed by atoms with Gasteiger partial charge in [-0.25, -0.2) is 5.43 Å². The van der Waals surface area contributed by atoms with Crippen LogP contribution in [-0.4, -0.2) is 5.11 Å². The number of hydrogen-bond donors (Lipinski definition) is 3. The lowest BCUT2D eigenvalue weighted by Gasteiger charge is -2.12. The molecule has 3 nitrogen and oxygen atoms in total. The van der Waals surface area contributed by atoms with Gasteiger partial charge in [0.25, 0.3) is 0 Å². The van der Waals surface area contributed by atoms with Gasteiger partial charge in [0, 0.05) is 5.56 Å². The van der Waals surface area contributed by atoms with Crippen molar-refractivity contribution in [1.29, 1.82) is 0 Å². The summed E-state index contributed by atoms with van der Waals surface area (Å²) >= 11 is 0. The fourth-order valence-electron chi connectivity index (χ4n) is 3.12. The molecule has 1 aliphatic rings. The Morgan fingerprint density at radius 2 is 1.78 bits per heavy atom. The number of aromatic hydroxyl groups is 1. The molecule has 3 N–H and O–H groups in total. The van der Waals surface area contributed by atoms with Gasteiger partial charge in [-0.2, -0.15) is 0 Å². The Labute approximate surface area is 135 Å². The van der Waals surface area contributed by atoms with Crippen LogP contribution < -0.4 is 10.9 Å². The van der Waals surface area contributed by atoms with Gasteiger partial charge in [-0.15, -0.1) is 0 Å². The smallest absolute Gasteiger partial charge is 0.124 e. The van der Waals surface area contributed by atoms with E-state index in [2.05, 4.69) is 59.4 Å². The summed E-state index contributed by atoms with van der Waals surface area (Å²) < 4.78 is 0. The molecule has 0 aromatic heterocycles. The molecule has 1 atom stereocenters. The minimum Gasteiger partial charge on any atom is -0.507 e. The number of hydrazine groups is 1. The molecule has 1 aliphatic heterocycles. The number of phenols is 1. The number of hydrogen-bond acceptors (Lipinski definition) is 3. The molecule has 23 heavy (non-hydrogen) atoms. The summed E-state index contributed by atoms with van der Waals surface area (Å²) in [5.41, 5.74) is 10.6. The lowest BCUT2D eigenvalue weighted by Crippen LogP contribution is -2.26. The van der Waals surface area contributed by atoms with Gasteiger partial charge < -0.3 is 10.5 Å². The zero-order valence-electron chi connectivity index (χ0n) is 12.9. The Morgan fingerprint density at radius 1 is 0.957 bits per heavy atom. The standard InChI is InChI=1S/C20H18N2O/c1-13-9-10-20(23)17(11-13)19-12-18(21-22-19)16-8-4-6-14-5-2-3-7-15(14)16/h2-12,18,21-23H,1H3/t18-/m1/s1. The number of nitrogens with one attached hydrogen (secondary N) is 2. The second kappa shape index (κ2) is 5.45. The van der Waals surface area contributed by atoms with Gasteiger partial charge in [0.15, 0.2) is 0 Å². The fraction of sp³-hybridized carbons (Fsp3) is 0.100. The van der Waals surface area contributed by atoms with Crippen molar-refractivity contribution in [3.63, 3.8) is 0 Å². The molecule has 0 radical (unpaired) electrons. The monoisotopic (exact) mass is 302 g/mol. The molecule has 0 saturated carbocycles. The van der Waals surface area contributed by atoms with Crippen LogP contribution >= 0.6 is 0 Å². The average molecular weight is 302 g/mol. The van der Waals surface area contributed by atoms with Crippen LogP contribution in [0.15, 0.2) is 66.7 Å². The van der Waals surface area contributed by atoms with Crippen molar-refractivity contribution in [2.24, 2.45) is 0 Å². The summed E-state index contributed by atoms with van der Waals surface area (Å²) in [7, 11) is 0. The summed E-state index contributed by atoms with van der Waals surface area (Å²) in [4.78, 5) is 0. The first-order chi connectivity index (χ1) is 11.2. The highest BCUT2D eigenvalue weighted by Gasteiger charge is 2.20. The predicted molar refractivity (Wildman–Crippen MR) is 93.8 cm³/mol. The van der Waals surface area contributed by atoms with E-state index in [1.807, 2.05) is 19.1 Å². The van der Waals surface area contributed by atoms with Gasteiger partial charge in [0.2, 0.25) is 0 Å². The van der Waals surface area contributed by atoms with Gasteiger partial charge >= 0.3 is 0 Å². The molecule has 0 saturated heterocycles. The molecule has 0 fully saturated rings. The minimum absolute atomic E-state index is 0.0658. The molecule has 3 heteroatoms. The van der Waals surface area contributed by atoms with Crippen molar-refractivity contribution in [2.45, 2.75) is 13.0 Å². The minimum atomic E-state index is 0.0658. The van der Waals surface area contributed by atoms with E-state index in [1.54, 1.807) is 6.07 Å². The van der Waals surface area contributed by atoms with Crippen LogP contribution in [0.2, 0.25) is 0 Å². The van der Waals surface area contributed by atoms with Crippen LogP contribution in [-0.2, 0) is 0 Å². The Balaban J connectivity index is 1.77. The van der Waals surface area contributed by atoms with Crippen molar-refractivity contribution in [1.82, 2.24) is 10.9 Å². The Bertz CT molecular complexity index is 909. The van der Waals surface area contributed by atoms with E-state index < -0.39 is 0 Å². The third kappa shape index (κ3) is 2.45. The van der Waals surface area contributed by atoms with Crippen molar-refractivity contribution in [3.8, 4) is 5.75 Å². The van der Waals surface area contributed by atoms with E-state index in [0.29, 0.717) is 0 Å². The van der Waals surface area contributed by atoms with Crippen LogP contribution in [0.4, 0.5) is 0 Å². The highest BCUT2D eigenvalue weighted by molar-refractivity contribution is 5.87. The highest BCUT2D eigenvalue weighted by atomic mass is 16.3. The molecule has 3 aromatic carbocycles. The maximum atomic E-state index is 10.1. The fourth-order valence-corrected chi connectivity index (χ4v) is 3.12. The molecule has 114 valence electrons. The van der Waals surface area contributed by atoms with Crippen molar-refractivity contribution in [2.75, 3.05) is 0 Å². The SMILES string of the molecule is Cc1ccc(O)c(C2=C[C@H](c3cccc4ccccc34)NN2)c1. The van der Waals surface area contributed by atoms with Crippen molar-refractivity contribution in [3.05, 3.63) is 83.4 Å². The summed E-state index contributed by atoms with van der Waals surface area (Å²) in [5, 5.41) is 12.6. The summed E-state index contributed by atoms with van der Waals surface area (Å²) in [6.07, 6.45) is 2.12. The van der Waals surface area contributed by atoms with Crippen LogP contribution in [0.1, 0.15) is 22.7 Å². The number of fused-ring (bicyclic) bond motifs is 1. The van der Waals surface area contributed by atoms with Crippen LogP contribution in [0.5, 0.6) is 5.75 Å². The highest BCUT2D eigenvalue weighted by Crippen LogP contribution is 2.32. The third-order valence-corrected chi connectivity index (χ3v) is 4.30. The first-order valence-corrected chi connectivity index (χ1v) is 7.73. The van der Waals surface area contributed by atoms with E-state index >= 15 is 0 Å². The zero-order valence-corrected chi connectivity index (χ0v) is 12.9. The van der Waals surface area contributed by atoms with Crippen LogP contribution in [0.25, 0.3) is 16.5 Å². The first kappa shape index (κ1) is 13.9. The van der Waals surface area contributed by atoms with E-state index in [1.165, 1.54) is 16.3 Å². The van der Waals surface area contributed by atoms with Crippen molar-refractivity contribution < 1.29 is 5.11 Å². The van der Waals surface area contributed by atoms with E-state index in [-0.39, 0.29) is 11.8 Å². The predicted octanol–water partition coefficient (Wildman–Crippen LogP) is 4.04. The molecule has 0 unspecified atom stereocenters.